The molecule has 2 N–H and O–H groups in total. The van der Waals surface area contributed by atoms with E-state index in [1.807, 2.05) is 0 Å². The number of hydrogen-bond acceptors (Lipinski definition) is 3. The second-order valence-corrected chi connectivity index (χ2v) is 2.79. The summed E-state index contributed by atoms with van der Waals surface area (Å²) in [4.78, 5) is 0. The molecule has 0 spiro atoms. The molecule has 0 aromatic rings. The van der Waals surface area contributed by atoms with Gasteiger partial charge in [-0.2, -0.15) is 8.42 Å². The van der Waals surface area contributed by atoms with Crippen molar-refractivity contribution in [3.8, 4) is 0 Å². The molecule has 0 aromatic heterocycles. The summed E-state index contributed by atoms with van der Waals surface area (Å²) in [6, 6.07) is 0. The van der Waals surface area contributed by atoms with Crippen molar-refractivity contribution >= 4 is 51.3 Å². The first-order chi connectivity index (χ1) is 3.95. The summed E-state index contributed by atoms with van der Waals surface area (Å²) in [5.74, 6) is -0.918. The van der Waals surface area contributed by atoms with Crippen molar-refractivity contribution in [2.45, 2.75) is 0 Å². The molecule has 10 heavy (non-hydrogen) atoms. The van der Waals surface area contributed by atoms with Crippen LogP contribution in [-0.2, 0) is 10.1 Å². The number of alkyl halides is 1. The van der Waals surface area contributed by atoms with Gasteiger partial charge in [0.2, 0.25) is 0 Å². The molecule has 4 nitrogen and oxygen atoms in total. The molecule has 0 aliphatic carbocycles. The van der Waals surface area contributed by atoms with Gasteiger partial charge >= 0.3 is 29.6 Å². The number of rotatable bonds is 2. The Morgan fingerprint density at radius 1 is 1.60 bits per heavy atom. The van der Waals surface area contributed by atoms with Gasteiger partial charge in [-0.3, -0.25) is 4.55 Å². The third-order valence-electron chi connectivity index (χ3n) is 0.422. The molecular weight excluding hydrogens is 191 g/mol. The maximum absolute atomic E-state index is 9.86. The van der Waals surface area contributed by atoms with Crippen LogP contribution in [0.5, 0.6) is 0 Å². The molecular formula is C3H6ClNaO4S. The zero-order chi connectivity index (χ0) is 7.49. The van der Waals surface area contributed by atoms with Crippen molar-refractivity contribution in [3.05, 3.63) is 11.2 Å². The summed E-state index contributed by atoms with van der Waals surface area (Å²) in [6.45, 7) is 0. The zero-order valence-corrected chi connectivity index (χ0v) is 5.85. The van der Waals surface area contributed by atoms with Crippen LogP contribution in [0.1, 0.15) is 0 Å². The van der Waals surface area contributed by atoms with Gasteiger partial charge in [-0.1, -0.05) is 0 Å². The van der Waals surface area contributed by atoms with Crippen molar-refractivity contribution < 1.29 is 18.1 Å². The summed E-state index contributed by atoms with van der Waals surface area (Å²) >= 11 is 4.96. The van der Waals surface area contributed by atoms with Crippen LogP contribution >= 0.6 is 11.6 Å². The Bertz CT molecular complexity index is 209. The van der Waals surface area contributed by atoms with Crippen molar-refractivity contribution in [2.75, 3.05) is 5.88 Å². The standard InChI is InChI=1S/C3H5ClO4S.Na.H/c4-1-3(5)2-9(6,7)8;;/h2,5H,1H2,(H,6,7,8);;. The fraction of sp³-hybridized carbons (Fsp3) is 0.333. The predicted molar refractivity (Wildman–Crippen MR) is 40.1 cm³/mol. The normalized spacial score (nSPS) is 12.4. The first-order valence-electron chi connectivity index (χ1n) is 1.88. The van der Waals surface area contributed by atoms with Gasteiger partial charge in [0, 0.05) is 0 Å². The van der Waals surface area contributed by atoms with E-state index in [0.717, 1.165) is 0 Å². The molecule has 0 atom stereocenters. The molecule has 0 aliphatic heterocycles. The van der Waals surface area contributed by atoms with Gasteiger partial charge in [0.1, 0.15) is 5.76 Å². The van der Waals surface area contributed by atoms with E-state index in [0.29, 0.717) is 0 Å². The predicted octanol–water partition coefficient (Wildman–Crippen LogP) is -0.136. The Morgan fingerprint density at radius 3 is 2.10 bits per heavy atom. The number of halogens is 1. The minimum absolute atomic E-state index is 0. The van der Waals surface area contributed by atoms with Crippen LogP contribution in [0.15, 0.2) is 11.2 Å². The van der Waals surface area contributed by atoms with Gasteiger partial charge in [-0.25, -0.2) is 0 Å². The number of hydrogen-bond donors (Lipinski definition) is 2. The van der Waals surface area contributed by atoms with Crippen LogP contribution in [0, 0.1) is 0 Å². The van der Waals surface area contributed by atoms with Gasteiger partial charge in [0.05, 0.1) is 11.3 Å². The fourth-order valence-corrected chi connectivity index (χ4v) is 0.799. The van der Waals surface area contributed by atoms with Gasteiger partial charge in [-0.05, 0) is 0 Å². The molecule has 0 amide bonds. The molecule has 0 heterocycles. The number of allylic oxidation sites excluding steroid dienone is 1. The zero-order valence-electron chi connectivity index (χ0n) is 4.28. The van der Waals surface area contributed by atoms with Crippen molar-refractivity contribution in [3.63, 3.8) is 0 Å². The molecule has 0 bridgehead atoms. The van der Waals surface area contributed by atoms with Crippen molar-refractivity contribution in [2.24, 2.45) is 0 Å². The summed E-state index contributed by atoms with van der Waals surface area (Å²) in [5.41, 5.74) is 0. The minimum atomic E-state index is -4.23. The molecule has 0 unspecified atom stereocenters. The molecule has 0 radical (unpaired) electrons. The average molecular weight is 197 g/mol. The SMILES string of the molecule is O=S(=O)(O)C=C(O)CCl.[NaH]. The third kappa shape index (κ3) is 8.74. The monoisotopic (exact) mass is 196 g/mol. The fourth-order valence-electron chi connectivity index (χ4n) is 0.203. The third-order valence-corrected chi connectivity index (χ3v) is 1.27. The van der Waals surface area contributed by atoms with Crippen molar-refractivity contribution in [1.82, 2.24) is 0 Å². The van der Waals surface area contributed by atoms with E-state index < -0.39 is 15.9 Å². The Kier molecular flexibility index (Phi) is 7.20. The van der Waals surface area contributed by atoms with E-state index in [9.17, 15) is 8.42 Å². The summed E-state index contributed by atoms with van der Waals surface area (Å²) in [5, 5.41) is 8.66. The van der Waals surface area contributed by atoms with E-state index in [-0.39, 0.29) is 40.8 Å². The molecule has 56 valence electrons. The Morgan fingerprint density at radius 2 is 2.00 bits per heavy atom. The van der Waals surface area contributed by atoms with Gasteiger partial charge in [0.25, 0.3) is 10.1 Å². The number of aliphatic hydroxyl groups excluding tert-OH is 1. The molecule has 0 rings (SSSR count). The van der Waals surface area contributed by atoms with E-state index in [4.69, 9.17) is 21.3 Å². The van der Waals surface area contributed by atoms with E-state index >= 15 is 0 Å². The summed E-state index contributed by atoms with van der Waals surface area (Å²) in [6.07, 6.45) is 0. The van der Waals surface area contributed by atoms with Crippen LogP contribution in [0.4, 0.5) is 0 Å². The van der Waals surface area contributed by atoms with E-state index in [2.05, 4.69) is 0 Å². The van der Waals surface area contributed by atoms with Crippen LogP contribution in [-0.4, -0.2) is 53.5 Å². The van der Waals surface area contributed by atoms with E-state index in [1.54, 1.807) is 0 Å². The Hall–Kier alpha value is 0.740. The van der Waals surface area contributed by atoms with Gasteiger partial charge < -0.3 is 5.11 Å². The first-order valence-corrected chi connectivity index (χ1v) is 3.92. The quantitative estimate of drug-likeness (QED) is 0.279. The van der Waals surface area contributed by atoms with Crippen LogP contribution < -0.4 is 0 Å². The van der Waals surface area contributed by atoms with Crippen LogP contribution in [0.25, 0.3) is 0 Å². The summed E-state index contributed by atoms with van der Waals surface area (Å²) < 4.78 is 27.7. The Balaban J connectivity index is 0. The molecule has 0 saturated heterocycles. The number of aliphatic hydroxyl groups is 1. The molecule has 0 fully saturated rings. The topological polar surface area (TPSA) is 74.6 Å². The van der Waals surface area contributed by atoms with Gasteiger partial charge in [-0.15, -0.1) is 11.6 Å². The molecule has 0 aromatic carbocycles. The maximum atomic E-state index is 9.86. The summed E-state index contributed by atoms with van der Waals surface area (Å²) in [7, 11) is -4.23. The van der Waals surface area contributed by atoms with Crippen molar-refractivity contribution in [1.29, 1.82) is 0 Å². The second-order valence-electron chi connectivity index (χ2n) is 1.26. The van der Waals surface area contributed by atoms with Crippen LogP contribution in [0.2, 0.25) is 0 Å². The molecule has 0 aliphatic rings. The van der Waals surface area contributed by atoms with Crippen LogP contribution in [0.3, 0.4) is 0 Å². The average Bonchev–Trinajstić information content (AvgIpc) is 1.62. The molecule has 0 saturated carbocycles. The van der Waals surface area contributed by atoms with Gasteiger partial charge in [0.15, 0.2) is 0 Å². The molecule has 7 heteroatoms. The van der Waals surface area contributed by atoms with E-state index in [1.165, 1.54) is 0 Å². The Labute approximate surface area is 85.9 Å². The second kappa shape index (κ2) is 5.40. The first kappa shape index (κ1) is 13.3.